The maximum Gasteiger partial charge on any atom is 0.403 e. The van der Waals surface area contributed by atoms with E-state index in [1.54, 1.807) is 0 Å². The van der Waals surface area contributed by atoms with Gasteiger partial charge in [0.25, 0.3) is 5.71 Å². The lowest BCUT2D eigenvalue weighted by Gasteiger charge is -2.25. The summed E-state index contributed by atoms with van der Waals surface area (Å²) in [5.74, 6) is -6.33. The first-order valence-electron chi connectivity index (χ1n) is 6.08. The van der Waals surface area contributed by atoms with E-state index in [0.29, 0.717) is 0 Å². The largest absolute Gasteiger partial charge is 0.464 e. The monoisotopic (exact) mass is 348 g/mol. The Hall–Kier alpha value is -3.18. The number of carbonyl (C=O) groups is 5. The van der Waals surface area contributed by atoms with Gasteiger partial charge in [-0.1, -0.05) is 5.16 Å². The number of oxime groups is 1. The highest BCUT2D eigenvalue weighted by atomic mass is 16.7. The molecular weight excluding hydrogens is 332 g/mol. The van der Waals surface area contributed by atoms with Gasteiger partial charge in [0.2, 0.25) is 5.91 Å². The highest BCUT2D eigenvalue weighted by Crippen LogP contribution is 2.14. The molecule has 0 aromatic carbocycles. The van der Waals surface area contributed by atoms with Crippen LogP contribution >= 0.6 is 0 Å². The molecule has 12 nitrogen and oxygen atoms in total. The molecule has 0 radical (unpaired) electrons. The van der Waals surface area contributed by atoms with Gasteiger partial charge in [0.1, 0.15) is 0 Å². The van der Waals surface area contributed by atoms with Gasteiger partial charge in [-0.2, -0.15) is 0 Å². The van der Waals surface area contributed by atoms with Gasteiger partial charge in [-0.05, 0) is 0 Å². The predicted molar refractivity (Wildman–Crippen MR) is 73.1 cm³/mol. The molecule has 0 spiro atoms. The van der Waals surface area contributed by atoms with E-state index in [0.717, 1.165) is 35.4 Å². The van der Waals surface area contributed by atoms with E-state index >= 15 is 0 Å². The van der Waals surface area contributed by atoms with Crippen LogP contribution in [0.1, 0.15) is 6.92 Å². The Balaban J connectivity index is 6.05. The summed E-state index contributed by atoms with van der Waals surface area (Å²) in [6, 6.07) is 0. The van der Waals surface area contributed by atoms with Gasteiger partial charge in [0.15, 0.2) is 0 Å². The zero-order valence-corrected chi connectivity index (χ0v) is 13.5. The Morgan fingerprint density at radius 1 is 0.792 bits per heavy atom. The van der Waals surface area contributed by atoms with Crippen LogP contribution in [0.15, 0.2) is 5.16 Å². The van der Waals surface area contributed by atoms with Crippen molar-refractivity contribution in [1.82, 2.24) is 5.32 Å². The molecule has 12 heteroatoms. The van der Waals surface area contributed by atoms with Crippen LogP contribution in [0.2, 0.25) is 0 Å². The van der Waals surface area contributed by atoms with Gasteiger partial charge >= 0.3 is 29.6 Å². The van der Waals surface area contributed by atoms with Crippen molar-refractivity contribution in [2.45, 2.75) is 12.6 Å². The van der Waals surface area contributed by atoms with Crippen molar-refractivity contribution < 1.29 is 47.8 Å². The number of ether oxygens (including phenoxy) is 4. The fourth-order valence-corrected chi connectivity index (χ4v) is 1.28. The van der Waals surface area contributed by atoms with Gasteiger partial charge in [-0.15, -0.1) is 0 Å². The third-order valence-corrected chi connectivity index (χ3v) is 2.33. The summed E-state index contributed by atoms with van der Waals surface area (Å²) in [7, 11) is 3.64. The Morgan fingerprint density at radius 2 is 1.21 bits per heavy atom. The summed E-state index contributed by atoms with van der Waals surface area (Å²) in [5, 5.41) is 4.92. The number of esters is 4. The second-order valence-electron chi connectivity index (χ2n) is 3.86. The van der Waals surface area contributed by atoms with E-state index in [9.17, 15) is 24.0 Å². The smallest absolute Gasteiger partial charge is 0.403 e. The van der Waals surface area contributed by atoms with Crippen LogP contribution in [-0.2, 0) is 47.8 Å². The van der Waals surface area contributed by atoms with Crippen molar-refractivity contribution in [1.29, 1.82) is 0 Å². The molecule has 1 N–H and O–H groups in total. The number of hydrogen-bond acceptors (Lipinski definition) is 11. The summed E-state index contributed by atoms with van der Waals surface area (Å²) in [5.41, 5.74) is -3.93. The first-order valence-corrected chi connectivity index (χ1v) is 6.08. The van der Waals surface area contributed by atoms with Gasteiger partial charge < -0.3 is 23.8 Å². The summed E-state index contributed by atoms with van der Waals surface area (Å²) in [6.07, 6.45) is 0. The zero-order valence-electron chi connectivity index (χ0n) is 13.5. The third-order valence-electron chi connectivity index (χ3n) is 2.33. The molecule has 0 rings (SSSR count). The highest BCUT2D eigenvalue weighted by molar-refractivity contribution is 6.62. The van der Waals surface area contributed by atoms with Crippen LogP contribution in [0.5, 0.6) is 0 Å². The van der Waals surface area contributed by atoms with Gasteiger partial charge in [0, 0.05) is 6.92 Å². The van der Waals surface area contributed by atoms with Crippen LogP contribution < -0.4 is 5.32 Å². The normalized spacial score (nSPS) is 9.88. The Bertz CT molecular complexity index is 534. The Labute approximate surface area is 136 Å². The quantitative estimate of drug-likeness (QED) is 0.135. The number of nitrogens with zero attached hydrogens (tertiary/aromatic N) is 1. The first kappa shape index (κ1) is 20.8. The Kier molecular flexibility index (Phi) is 7.87. The van der Waals surface area contributed by atoms with E-state index in [-0.39, 0.29) is 0 Å². The lowest BCUT2D eigenvalue weighted by atomic mass is 10.2. The summed E-state index contributed by atoms with van der Waals surface area (Å²) in [6.45, 7) is 0.954. The highest BCUT2D eigenvalue weighted by Gasteiger charge is 2.54. The number of methoxy groups -OCH3 is 4. The van der Waals surface area contributed by atoms with Crippen LogP contribution in [0.3, 0.4) is 0 Å². The minimum absolute atomic E-state index is 0.885. The molecule has 0 aliphatic rings. The van der Waals surface area contributed by atoms with E-state index in [1.807, 2.05) is 5.32 Å². The number of nitrogens with one attached hydrogen (secondary N) is 1. The molecule has 0 aromatic rings. The Morgan fingerprint density at radius 3 is 1.50 bits per heavy atom. The minimum Gasteiger partial charge on any atom is -0.464 e. The molecule has 0 fully saturated rings. The maximum atomic E-state index is 11.9. The topological polar surface area (TPSA) is 156 Å². The van der Waals surface area contributed by atoms with Crippen molar-refractivity contribution in [3.8, 4) is 0 Å². The second kappa shape index (κ2) is 9.07. The van der Waals surface area contributed by atoms with E-state index < -0.39 is 41.2 Å². The average Bonchev–Trinajstić information content (AvgIpc) is 2.57. The van der Waals surface area contributed by atoms with Crippen molar-refractivity contribution in [3.63, 3.8) is 0 Å². The molecule has 0 atom stereocenters. The lowest BCUT2D eigenvalue weighted by Crippen LogP contribution is -2.62. The first-order chi connectivity index (χ1) is 11.2. The lowest BCUT2D eigenvalue weighted by molar-refractivity contribution is -0.195. The maximum absolute atomic E-state index is 11.9. The van der Waals surface area contributed by atoms with Crippen molar-refractivity contribution in [2.24, 2.45) is 5.16 Å². The van der Waals surface area contributed by atoms with Gasteiger partial charge in [-0.3, -0.25) is 10.1 Å². The number of carbonyl (C=O) groups excluding carboxylic acids is 5. The average molecular weight is 348 g/mol. The van der Waals surface area contributed by atoms with Crippen molar-refractivity contribution in [2.75, 3.05) is 28.4 Å². The third kappa shape index (κ3) is 4.66. The molecule has 1 amide bonds. The van der Waals surface area contributed by atoms with Crippen LogP contribution in [0.4, 0.5) is 0 Å². The molecule has 0 saturated carbocycles. The van der Waals surface area contributed by atoms with E-state index in [1.165, 1.54) is 0 Å². The van der Waals surface area contributed by atoms with Crippen molar-refractivity contribution >= 4 is 35.5 Å². The predicted octanol–water partition coefficient (Wildman–Crippen LogP) is -2.12. The fraction of sp³-hybridized carbons (Fsp3) is 0.500. The molecule has 24 heavy (non-hydrogen) atoms. The molecule has 0 heterocycles. The number of hydrogen-bond donors (Lipinski definition) is 1. The van der Waals surface area contributed by atoms with E-state index in [2.05, 4.69) is 28.9 Å². The molecular formula is C12H16N2O10. The molecule has 0 aromatic heterocycles. The zero-order chi connectivity index (χ0) is 18.9. The molecule has 134 valence electrons. The molecule has 0 bridgehead atoms. The van der Waals surface area contributed by atoms with Crippen LogP contribution in [0.25, 0.3) is 0 Å². The summed E-state index contributed by atoms with van der Waals surface area (Å²) >= 11 is 0. The second-order valence-corrected chi connectivity index (χ2v) is 3.86. The van der Waals surface area contributed by atoms with Gasteiger partial charge in [-0.25, -0.2) is 19.2 Å². The van der Waals surface area contributed by atoms with Gasteiger partial charge in [0.05, 0.1) is 28.4 Å². The minimum atomic E-state index is -2.89. The standard InChI is InChI=1S/C12H16N2O10/c1-6(15)13-12(10(18)22-4,11(19)23-5)24-14-7(8(16)20-2)9(17)21-3/h1-5H3,(H,13,15). The molecule has 0 saturated heterocycles. The number of amides is 1. The fourth-order valence-electron chi connectivity index (χ4n) is 1.28. The number of rotatable bonds is 7. The molecule has 0 aliphatic carbocycles. The molecule has 0 aliphatic heterocycles. The summed E-state index contributed by atoms with van der Waals surface area (Å²) < 4.78 is 17.3. The van der Waals surface area contributed by atoms with Crippen LogP contribution in [0, 0.1) is 0 Å². The summed E-state index contributed by atoms with van der Waals surface area (Å²) in [4.78, 5) is 62.7. The SMILES string of the molecule is COC(=O)C(=NOC(NC(C)=O)(C(=O)OC)C(=O)OC)C(=O)OC. The van der Waals surface area contributed by atoms with E-state index in [4.69, 9.17) is 0 Å². The van der Waals surface area contributed by atoms with Crippen LogP contribution in [-0.4, -0.2) is 69.7 Å². The molecule has 0 unspecified atom stereocenters. The van der Waals surface area contributed by atoms with Crippen molar-refractivity contribution in [3.05, 3.63) is 0 Å².